The normalized spacial score (nSPS) is 25.4. The Morgan fingerprint density at radius 2 is 2.56 bits per heavy atom. The van der Waals surface area contributed by atoms with E-state index in [-0.39, 0.29) is 11.0 Å². The zero-order valence-corrected chi connectivity index (χ0v) is 5.91. The summed E-state index contributed by atoms with van der Waals surface area (Å²) in [6.07, 6.45) is 7.06. The van der Waals surface area contributed by atoms with Gasteiger partial charge in [-0.05, 0) is 24.5 Å². The van der Waals surface area contributed by atoms with Gasteiger partial charge in [-0.2, -0.15) is 0 Å². The van der Waals surface area contributed by atoms with E-state index in [1.54, 1.807) is 11.8 Å². The second kappa shape index (κ2) is 2.93. The van der Waals surface area contributed by atoms with Crippen LogP contribution in [0.2, 0.25) is 0 Å². The van der Waals surface area contributed by atoms with Gasteiger partial charge in [0.05, 0.1) is 5.25 Å². The number of hydrogen-bond donors (Lipinski definition) is 0. The Bertz CT molecular complexity index is 151. The van der Waals surface area contributed by atoms with Gasteiger partial charge in [0.15, 0.2) is 0 Å². The van der Waals surface area contributed by atoms with Crippen molar-refractivity contribution >= 4 is 17.5 Å². The molecule has 1 fully saturated rings. The van der Waals surface area contributed by atoms with E-state index in [9.17, 15) is 4.79 Å². The molecule has 1 aliphatic heterocycles. The number of rotatable bonds is 1. The average molecular weight is 140 g/mol. The van der Waals surface area contributed by atoms with Gasteiger partial charge in [0.2, 0.25) is 5.78 Å². The Morgan fingerprint density at radius 1 is 1.78 bits per heavy atom. The summed E-state index contributed by atoms with van der Waals surface area (Å²) in [7, 11) is 0. The minimum atomic E-state index is -0.0301. The summed E-state index contributed by atoms with van der Waals surface area (Å²) in [5.41, 5.74) is 0. The molecule has 1 atom stereocenters. The van der Waals surface area contributed by atoms with E-state index in [4.69, 9.17) is 6.42 Å². The molecule has 0 N–H and O–H groups in total. The third-order valence-corrected chi connectivity index (χ3v) is 2.74. The molecule has 1 rings (SSSR count). The monoisotopic (exact) mass is 140 g/mol. The minimum Gasteiger partial charge on any atom is -0.284 e. The third-order valence-electron chi connectivity index (χ3n) is 1.36. The lowest BCUT2D eigenvalue weighted by molar-refractivity contribution is -0.113. The summed E-state index contributed by atoms with van der Waals surface area (Å²) >= 11 is 1.68. The molecule has 9 heavy (non-hydrogen) atoms. The van der Waals surface area contributed by atoms with Crippen LogP contribution < -0.4 is 0 Å². The van der Waals surface area contributed by atoms with Gasteiger partial charge >= 0.3 is 0 Å². The molecule has 0 aromatic heterocycles. The van der Waals surface area contributed by atoms with E-state index in [0.29, 0.717) is 0 Å². The Morgan fingerprint density at radius 3 is 3.00 bits per heavy atom. The minimum absolute atomic E-state index is 0.0301. The van der Waals surface area contributed by atoms with Gasteiger partial charge in [0.1, 0.15) is 0 Å². The van der Waals surface area contributed by atoms with E-state index >= 15 is 0 Å². The van der Waals surface area contributed by atoms with E-state index < -0.39 is 0 Å². The third kappa shape index (κ3) is 1.49. The van der Waals surface area contributed by atoms with Crippen LogP contribution in [0, 0.1) is 12.3 Å². The van der Waals surface area contributed by atoms with Crippen molar-refractivity contribution in [1.82, 2.24) is 0 Å². The summed E-state index contributed by atoms with van der Waals surface area (Å²) in [5.74, 6) is 3.21. The van der Waals surface area contributed by atoms with Gasteiger partial charge in [0, 0.05) is 0 Å². The van der Waals surface area contributed by atoms with Gasteiger partial charge < -0.3 is 0 Å². The number of thioether (sulfide) groups is 1. The summed E-state index contributed by atoms with van der Waals surface area (Å²) in [5, 5.41) is 0.120. The molecular formula is C7H8OS. The highest BCUT2D eigenvalue weighted by molar-refractivity contribution is 8.00. The van der Waals surface area contributed by atoms with Crippen LogP contribution >= 0.6 is 11.8 Å². The molecule has 48 valence electrons. The Labute approximate surface area is 59.2 Å². The van der Waals surface area contributed by atoms with Gasteiger partial charge in [-0.25, -0.2) is 0 Å². The van der Waals surface area contributed by atoms with Crippen LogP contribution in [0.15, 0.2) is 0 Å². The molecule has 0 saturated carbocycles. The quantitative estimate of drug-likeness (QED) is 0.400. The second-order valence-corrected chi connectivity index (χ2v) is 3.32. The smallest absolute Gasteiger partial charge is 0.218 e. The van der Waals surface area contributed by atoms with Crippen LogP contribution in [0.3, 0.4) is 0 Å². The zero-order valence-electron chi connectivity index (χ0n) is 5.09. The van der Waals surface area contributed by atoms with Crippen LogP contribution in [0.5, 0.6) is 0 Å². The molecule has 0 aliphatic carbocycles. The fraction of sp³-hybridized carbons (Fsp3) is 0.571. The van der Waals surface area contributed by atoms with Crippen LogP contribution in [-0.4, -0.2) is 16.8 Å². The van der Waals surface area contributed by atoms with Gasteiger partial charge in [0.25, 0.3) is 0 Å². The van der Waals surface area contributed by atoms with Crippen LogP contribution in [0.4, 0.5) is 0 Å². The molecule has 0 bridgehead atoms. The lowest BCUT2D eigenvalue weighted by Gasteiger charge is -1.97. The van der Waals surface area contributed by atoms with Crippen molar-refractivity contribution in [2.45, 2.75) is 18.1 Å². The first kappa shape index (κ1) is 6.70. The first-order valence-electron chi connectivity index (χ1n) is 2.96. The number of ketones is 1. The van der Waals surface area contributed by atoms with E-state index in [0.717, 1.165) is 18.6 Å². The molecule has 1 unspecified atom stereocenters. The molecule has 0 aromatic rings. The van der Waals surface area contributed by atoms with Crippen LogP contribution in [-0.2, 0) is 4.79 Å². The molecule has 2 heteroatoms. The van der Waals surface area contributed by atoms with Crippen molar-refractivity contribution in [2.24, 2.45) is 0 Å². The first-order valence-corrected chi connectivity index (χ1v) is 4.01. The molecule has 1 saturated heterocycles. The van der Waals surface area contributed by atoms with E-state index in [1.807, 2.05) is 0 Å². The average Bonchev–Trinajstić information content (AvgIpc) is 2.37. The standard InChI is InChI=1S/C7H8OS/c1-2-6(8)7-4-3-5-9-7/h1,7H,3-5H2. The topological polar surface area (TPSA) is 17.1 Å². The highest BCUT2D eigenvalue weighted by Gasteiger charge is 2.20. The Kier molecular flexibility index (Phi) is 2.18. The fourth-order valence-electron chi connectivity index (χ4n) is 0.877. The van der Waals surface area contributed by atoms with E-state index in [2.05, 4.69) is 5.92 Å². The summed E-state index contributed by atoms with van der Waals surface area (Å²) < 4.78 is 0. The van der Waals surface area contributed by atoms with Gasteiger partial charge in [-0.15, -0.1) is 18.2 Å². The van der Waals surface area contributed by atoms with E-state index in [1.165, 1.54) is 0 Å². The number of carbonyl (C=O) groups is 1. The molecule has 1 aliphatic rings. The molecule has 0 amide bonds. The van der Waals surface area contributed by atoms with Crippen molar-refractivity contribution in [1.29, 1.82) is 0 Å². The maximum absolute atomic E-state index is 10.8. The maximum atomic E-state index is 10.8. The molecule has 0 spiro atoms. The van der Waals surface area contributed by atoms with Crippen molar-refractivity contribution in [3.63, 3.8) is 0 Å². The number of hydrogen-bond acceptors (Lipinski definition) is 2. The molecule has 0 radical (unpaired) electrons. The lowest BCUT2D eigenvalue weighted by Crippen LogP contribution is -2.10. The summed E-state index contributed by atoms with van der Waals surface area (Å²) in [4.78, 5) is 10.8. The molecule has 1 nitrogen and oxygen atoms in total. The summed E-state index contributed by atoms with van der Waals surface area (Å²) in [6.45, 7) is 0. The number of terminal acetylenes is 1. The molecule has 1 heterocycles. The SMILES string of the molecule is C#CC(=O)C1CCCS1. The largest absolute Gasteiger partial charge is 0.284 e. The lowest BCUT2D eigenvalue weighted by atomic mass is 10.2. The zero-order chi connectivity index (χ0) is 6.69. The molecule has 0 aromatic carbocycles. The highest BCUT2D eigenvalue weighted by atomic mass is 32.2. The first-order chi connectivity index (χ1) is 4.34. The van der Waals surface area contributed by atoms with Crippen LogP contribution in [0.1, 0.15) is 12.8 Å². The van der Waals surface area contributed by atoms with Crippen molar-refractivity contribution in [3.05, 3.63) is 0 Å². The predicted molar refractivity (Wildman–Crippen MR) is 39.3 cm³/mol. The van der Waals surface area contributed by atoms with Crippen LogP contribution in [0.25, 0.3) is 0 Å². The highest BCUT2D eigenvalue weighted by Crippen LogP contribution is 2.26. The number of Topliss-reactive ketones (excluding diaryl/α,β-unsaturated/α-hetero) is 1. The molecular weight excluding hydrogens is 132 g/mol. The van der Waals surface area contributed by atoms with Crippen molar-refractivity contribution < 1.29 is 4.79 Å². The predicted octanol–water partition coefficient (Wildman–Crippen LogP) is 1.08. The maximum Gasteiger partial charge on any atom is 0.218 e. The number of carbonyl (C=O) groups excluding carboxylic acids is 1. The summed E-state index contributed by atoms with van der Waals surface area (Å²) in [6, 6.07) is 0. The van der Waals surface area contributed by atoms with Gasteiger partial charge in [-0.3, -0.25) is 4.79 Å². The van der Waals surface area contributed by atoms with Crippen molar-refractivity contribution in [3.8, 4) is 12.3 Å². The Balaban J connectivity index is 2.44. The Hall–Kier alpha value is -0.420. The van der Waals surface area contributed by atoms with Gasteiger partial charge in [-0.1, -0.05) is 0 Å². The van der Waals surface area contributed by atoms with Crippen molar-refractivity contribution in [2.75, 3.05) is 5.75 Å². The second-order valence-electron chi connectivity index (χ2n) is 2.01. The fourth-order valence-corrected chi connectivity index (χ4v) is 2.05.